The van der Waals surface area contributed by atoms with E-state index >= 15 is 0 Å². The Morgan fingerprint density at radius 3 is 2.53 bits per heavy atom. The van der Waals surface area contributed by atoms with Crippen molar-refractivity contribution in [2.45, 2.75) is 46.3 Å². The second kappa shape index (κ2) is 7.82. The van der Waals surface area contributed by atoms with Crippen LogP contribution in [0, 0.1) is 0 Å². The first-order chi connectivity index (χ1) is 6.97. The molecule has 0 aromatic rings. The fourth-order valence-electron chi connectivity index (χ4n) is 1.03. The lowest BCUT2D eigenvalue weighted by Gasteiger charge is -2.22. The number of hydrazine groups is 2. The summed E-state index contributed by atoms with van der Waals surface area (Å²) in [5, 5.41) is 11.6. The lowest BCUT2D eigenvalue weighted by atomic mass is 10.1. The fraction of sp³-hybridized carbons (Fsp3) is 0.818. The summed E-state index contributed by atoms with van der Waals surface area (Å²) >= 11 is 0. The number of hydrogen-bond donors (Lipinski definition) is 3. The quantitative estimate of drug-likeness (QED) is 0.439. The summed E-state index contributed by atoms with van der Waals surface area (Å²) < 4.78 is 0. The van der Waals surface area contributed by atoms with Crippen molar-refractivity contribution in [1.82, 2.24) is 16.0 Å². The lowest BCUT2D eigenvalue weighted by molar-refractivity contribution is 0.135. The van der Waals surface area contributed by atoms with Gasteiger partial charge in [-0.1, -0.05) is 6.08 Å². The molecule has 0 bridgehead atoms. The van der Waals surface area contributed by atoms with Gasteiger partial charge in [-0.15, -0.1) is 0 Å². The van der Waals surface area contributed by atoms with Gasteiger partial charge in [-0.2, -0.15) is 5.53 Å². The Hall–Kier alpha value is -0.420. The number of hydrogen-bond acceptors (Lipinski definition) is 4. The largest absolute Gasteiger partial charge is 0.389 e. The topological polar surface area (TPSA) is 47.5 Å². The van der Waals surface area contributed by atoms with Crippen LogP contribution >= 0.6 is 0 Å². The maximum absolute atomic E-state index is 9.70. The summed E-state index contributed by atoms with van der Waals surface area (Å²) in [6, 6.07) is 0.398. The zero-order valence-electron chi connectivity index (χ0n) is 10.5. The molecule has 0 aliphatic heterocycles. The molecule has 0 heterocycles. The first-order valence-corrected chi connectivity index (χ1v) is 5.50. The molecule has 0 amide bonds. The first-order valence-electron chi connectivity index (χ1n) is 5.50. The van der Waals surface area contributed by atoms with Gasteiger partial charge in [0.05, 0.1) is 6.10 Å². The SMILES string of the molecule is C/C=C(\C)C(O)CCN(C)NNC(C)C. The number of aliphatic hydroxyl groups excluding tert-OH is 1. The molecule has 1 atom stereocenters. The molecule has 0 aliphatic rings. The molecule has 0 aromatic heterocycles. The molecule has 0 saturated heterocycles. The van der Waals surface area contributed by atoms with Gasteiger partial charge in [-0.25, -0.2) is 10.4 Å². The Kier molecular flexibility index (Phi) is 7.60. The van der Waals surface area contributed by atoms with Crippen molar-refractivity contribution >= 4 is 0 Å². The van der Waals surface area contributed by atoms with Crippen LogP contribution in [-0.2, 0) is 0 Å². The normalized spacial score (nSPS) is 15.1. The minimum Gasteiger partial charge on any atom is -0.389 e. The Morgan fingerprint density at radius 1 is 1.47 bits per heavy atom. The van der Waals surface area contributed by atoms with E-state index in [0.29, 0.717) is 6.04 Å². The summed E-state index contributed by atoms with van der Waals surface area (Å²) in [4.78, 5) is 0. The Labute approximate surface area is 93.3 Å². The molecule has 0 radical (unpaired) electrons. The van der Waals surface area contributed by atoms with Crippen molar-refractivity contribution in [1.29, 1.82) is 0 Å². The zero-order valence-corrected chi connectivity index (χ0v) is 10.5. The standard InChI is InChI=1S/C11H25N3O/c1-6-10(4)11(15)7-8-14(5)13-12-9(2)3/h6,9,11-13,15H,7-8H2,1-5H3/b10-6+. The molecule has 1 unspecified atom stereocenters. The van der Waals surface area contributed by atoms with Crippen molar-refractivity contribution in [2.24, 2.45) is 0 Å². The summed E-state index contributed by atoms with van der Waals surface area (Å²) in [6.45, 7) is 8.83. The van der Waals surface area contributed by atoms with E-state index in [-0.39, 0.29) is 6.10 Å². The molecule has 0 saturated carbocycles. The average molecular weight is 215 g/mol. The van der Waals surface area contributed by atoms with E-state index in [1.54, 1.807) is 0 Å². The number of allylic oxidation sites excluding steroid dienone is 1. The van der Waals surface area contributed by atoms with Crippen LogP contribution in [0.15, 0.2) is 11.6 Å². The molecule has 3 N–H and O–H groups in total. The smallest absolute Gasteiger partial charge is 0.0760 e. The van der Waals surface area contributed by atoms with E-state index in [9.17, 15) is 5.11 Å². The van der Waals surface area contributed by atoms with Crippen molar-refractivity contribution in [3.05, 3.63) is 11.6 Å². The van der Waals surface area contributed by atoms with Gasteiger partial charge in [-0.05, 0) is 39.7 Å². The average Bonchev–Trinajstić information content (AvgIpc) is 2.21. The van der Waals surface area contributed by atoms with E-state index in [1.807, 2.05) is 32.0 Å². The highest BCUT2D eigenvalue weighted by atomic mass is 16.3. The number of nitrogens with one attached hydrogen (secondary N) is 2. The summed E-state index contributed by atoms with van der Waals surface area (Å²) in [5.41, 5.74) is 7.17. The van der Waals surface area contributed by atoms with Crippen LogP contribution in [0.3, 0.4) is 0 Å². The number of aliphatic hydroxyl groups is 1. The third kappa shape index (κ3) is 7.50. The van der Waals surface area contributed by atoms with E-state index in [1.165, 1.54) is 0 Å². The Balaban J connectivity index is 3.66. The van der Waals surface area contributed by atoms with E-state index in [0.717, 1.165) is 18.5 Å². The molecule has 0 aromatic carbocycles. The molecular formula is C11H25N3O. The minimum atomic E-state index is -0.335. The Morgan fingerprint density at radius 2 is 2.07 bits per heavy atom. The molecule has 0 rings (SSSR count). The molecule has 0 fully saturated rings. The van der Waals surface area contributed by atoms with E-state index < -0.39 is 0 Å². The van der Waals surface area contributed by atoms with Crippen LogP contribution in [0.5, 0.6) is 0 Å². The van der Waals surface area contributed by atoms with Gasteiger partial charge in [0, 0.05) is 19.6 Å². The van der Waals surface area contributed by atoms with Crippen molar-refractivity contribution in [3.63, 3.8) is 0 Å². The van der Waals surface area contributed by atoms with Crippen LogP contribution in [0.2, 0.25) is 0 Å². The molecule has 4 nitrogen and oxygen atoms in total. The summed E-state index contributed by atoms with van der Waals surface area (Å²) in [5.74, 6) is 0. The highest BCUT2D eigenvalue weighted by Crippen LogP contribution is 2.04. The van der Waals surface area contributed by atoms with Crippen LogP contribution in [0.4, 0.5) is 0 Å². The van der Waals surface area contributed by atoms with Crippen molar-refractivity contribution in [3.8, 4) is 0 Å². The molecular weight excluding hydrogens is 190 g/mol. The second-order valence-electron chi connectivity index (χ2n) is 4.17. The highest BCUT2D eigenvalue weighted by Gasteiger charge is 2.07. The van der Waals surface area contributed by atoms with Crippen molar-refractivity contribution < 1.29 is 5.11 Å². The van der Waals surface area contributed by atoms with E-state index in [2.05, 4.69) is 24.8 Å². The fourth-order valence-corrected chi connectivity index (χ4v) is 1.03. The van der Waals surface area contributed by atoms with Gasteiger partial charge in [0.2, 0.25) is 0 Å². The van der Waals surface area contributed by atoms with Crippen LogP contribution in [-0.4, -0.2) is 35.9 Å². The van der Waals surface area contributed by atoms with Crippen LogP contribution in [0.1, 0.15) is 34.1 Å². The minimum absolute atomic E-state index is 0.335. The maximum Gasteiger partial charge on any atom is 0.0760 e. The molecule has 0 spiro atoms. The zero-order chi connectivity index (χ0) is 11.8. The molecule has 90 valence electrons. The van der Waals surface area contributed by atoms with Gasteiger partial charge in [0.25, 0.3) is 0 Å². The first kappa shape index (κ1) is 14.6. The number of rotatable bonds is 7. The predicted octanol–water partition coefficient (Wildman–Crippen LogP) is 1.05. The molecule has 4 heteroatoms. The molecule has 0 aliphatic carbocycles. The maximum atomic E-state index is 9.70. The third-order valence-electron chi connectivity index (χ3n) is 2.26. The monoisotopic (exact) mass is 215 g/mol. The van der Waals surface area contributed by atoms with Crippen molar-refractivity contribution in [2.75, 3.05) is 13.6 Å². The highest BCUT2D eigenvalue weighted by molar-refractivity contribution is 5.02. The van der Waals surface area contributed by atoms with Gasteiger partial charge < -0.3 is 5.11 Å². The van der Waals surface area contributed by atoms with Crippen LogP contribution < -0.4 is 11.0 Å². The molecule has 15 heavy (non-hydrogen) atoms. The Bertz CT molecular complexity index is 192. The third-order valence-corrected chi connectivity index (χ3v) is 2.26. The predicted molar refractivity (Wildman–Crippen MR) is 64.1 cm³/mol. The van der Waals surface area contributed by atoms with E-state index in [4.69, 9.17) is 0 Å². The lowest BCUT2D eigenvalue weighted by Crippen LogP contribution is -2.48. The number of nitrogens with zero attached hydrogens (tertiary/aromatic N) is 1. The van der Waals surface area contributed by atoms with Crippen LogP contribution in [0.25, 0.3) is 0 Å². The second-order valence-corrected chi connectivity index (χ2v) is 4.17. The van der Waals surface area contributed by atoms with Gasteiger partial charge in [0.15, 0.2) is 0 Å². The summed E-state index contributed by atoms with van der Waals surface area (Å²) in [7, 11) is 1.95. The van der Waals surface area contributed by atoms with Gasteiger partial charge >= 0.3 is 0 Å². The van der Waals surface area contributed by atoms with Gasteiger partial charge in [0.1, 0.15) is 0 Å². The van der Waals surface area contributed by atoms with Gasteiger partial charge in [-0.3, -0.25) is 0 Å². The summed E-state index contributed by atoms with van der Waals surface area (Å²) in [6.07, 6.45) is 2.35.